The minimum absolute atomic E-state index is 0.147. The summed E-state index contributed by atoms with van der Waals surface area (Å²) in [5.74, 6) is 0. The van der Waals surface area contributed by atoms with Crippen LogP contribution in [0.15, 0.2) is 60.7 Å². The standard InChI is InChI=1S/C26H28/c1-25(2,3)17-11-13-21-19-9-7-8-10-20(19)22-14-12-18(26(4,5)6)16-24(22)23(21)15-17/h7-16H,1-6H3. The summed E-state index contributed by atoms with van der Waals surface area (Å²) in [6.45, 7) is 13.7. The highest BCUT2D eigenvalue weighted by atomic mass is 14.2. The van der Waals surface area contributed by atoms with E-state index >= 15 is 0 Å². The predicted octanol–water partition coefficient (Wildman–Crippen LogP) is 7.74. The first-order valence-corrected chi connectivity index (χ1v) is 9.55. The summed E-state index contributed by atoms with van der Waals surface area (Å²) in [6.07, 6.45) is 0. The van der Waals surface area contributed by atoms with E-state index in [1.807, 2.05) is 0 Å². The van der Waals surface area contributed by atoms with Gasteiger partial charge >= 0.3 is 0 Å². The molecular weight excluding hydrogens is 312 g/mol. The number of fused-ring (bicyclic) bond motifs is 6. The van der Waals surface area contributed by atoms with Crippen molar-refractivity contribution < 1.29 is 0 Å². The Hall–Kier alpha value is -2.34. The Morgan fingerprint density at radius 1 is 0.423 bits per heavy atom. The summed E-state index contributed by atoms with van der Waals surface area (Å²) in [5.41, 5.74) is 3.08. The van der Waals surface area contributed by atoms with Crippen molar-refractivity contribution in [3.8, 4) is 0 Å². The molecular formula is C26H28. The second kappa shape index (κ2) is 5.58. The lowest BCUT2D eigenvalue weighted by Crippen LogP contribution is -2.11. The molecule has 4 aromatic carbocycles. The van der Waals surface area contributed by atoms with Gasteiger partial charge in [0.1, 0.15) is 0 Å². The molecule has 0 aromatic heterocycles. The van der Waals surface area contributed by atoms with Gasteiger partial charge in [-0.25, -0.2) is 0 Å². The lowest BCUT2D eigenvalue weighted by Gasteiger charge is -2.22. The van der Waals surface area contributed by atoms with Gasteiger partial charge in [-0.2, -0.15) is 0 Å². The van der Waals surface area contributed by atoms with Gasteiger partial charge in [-0.05, 0) is 66.4 Å². The SMILES string of the molecule is CC(C)(C)c1ccc2c3ccccc3c3ccc(C(C)(C)C)cc3c2c1. The fourth-order valence-electron chi connectivity index (χ4n) is 3.89. The molecule has 26 heavy (non-hydrogen) atoms. The van der Waals surface area contributed by atoms with Crippen molar-refractivity contribution in [3.63, 3.8) is 0 Å². The first-order chi connectivity index (χ1) is 12.2. The predicted molar refractivity (Wildman–Crippen MR) is 116 cm³/mol. The van der Waals surface area contributed by atoms with Crippen LogP contribution in [-0.2, 0) is 10.8 Å². The van der Waals surface area contributed by atoms with Crippen molar-refractivity contribution in [2.45, 2.75) is 52.4 Å². The van der Waals surface area contributed by atoms with E-state index in [1.165, 1.54) is 43.4 Å². The van der Waals surface area contributed by atoms with Gasteiger partial charge in [0.2, 0.25) is 0 Å². The molecule has 0 atom stereocenters. The first-order valence-electron chi connectivity index (χ1n) is 9.55. The topological polar surface area (TPSA) is 0 Å². The third kappa shape index (κ3) is 2.69. The number of hydrogen-bond acceptors (Lipinski definition) is 0. The first kappa shape index (κ1) is 17.1. The zero-order valence-electron chi connectivity index (χ0n) is 16.8. The van der Waals surface area contributed by atoms with E-state index in [0.717, 1.165) is 0 Å². The lowest BCUT2D eigenvalue weighted by atomic mass is 9.82. The van der Waals surface area contributed by atoms with Gasteiger partial charge in [0.25, 0.3) is 0 Å². The molecule has 0 N–H and O–H groups in total. The van der Waals surface area contributed by atoms with Crippen LogP contribution in [0, 0.1) is 0 Å². The van der Waals surface area contributed by atoms with Crippen LogP contribution in [-0.4, -0.2) is 0 Å². The Bertz CT molecular complexity index is 1040. The van der Waals surface area contributed by atoms with E-state index in [9.17, 15) is 0 Å². The van der Waals surface area contributed by atoms with Crippen LogP contribution in [0.2, 0.25) is 0 Å². The Kier molecular flexibility index (Phi) is 3.67. The Morgan fingerprint density at radius 3 is 1.12 bits per heavy atom. The molecule has 0 amide bonds. The van der Waals surface area contributed by atoms with Gasteiger partial charge in [-0.3, -0.25) is 0 Å². The summed E-state index contributed by atoms with van der Waals surface area (Å²) in [5, 5.41) is 8.15. The van der Waals surface area contributed by atoms with E-state index in [0.29, 0.717) is 0 Å². The molecule has 0 heterocycles. The monoisotopic (exact) mass is 340 g/mol. The van der Waals surface area contributed by atoms with E-state index in [4.69, 9.17) is 0 Å². The minimum Gasteiger partial charge on any atom is -0.0616 e. The summed E-state index contributed by atoms with van der Waals surface area (Å²) in [7, 11) is 0. The Morgan fingerprint density at radius 2 is 0.769 bits per heavy atom. The maximum atomic E-state index is 2.41. The van der Waals surface area contributed by atoms with Crippen molar-refractivity contribution in [2.24, 2.45) is 0 Å². The third-order valence-corrected chi connectivity index (χ3v) is 5.57. The van der Waals surface area contributed by atoms with E-state index < -0.39 is 0 Å². The zero-order valence-corrected chi connectivity index (χ0v) is 16.8. The average Bonchev–Trinajstić information content (AvgIpc) is 2.59. The maximum Gasteiger partial charge on any atom is -0.00959 e. The molecule has 0 aliphatic carbocycles. The van der Waals surface area contributed by atoms with Gasteiger partial charge in [-0.15, -0.1) is 0 Å². The van der Waals surface area contributed by atoms with E-state index in [2.05, 4.69) is 102 Å². The van der Waals surface area contributed by atoms with Crippen molar-refractivity contribution >= 4 is 32.3 Å². The average molecular weight is 341 g/mol. The van der Waals surface area contributed by atoms with E-state index in [1.54, 1.807) is 0 Å². The largest absolute Gasteiger partial charge is 0.0616 e. The second-order valence-corrected chi connectivity index (χ2v) is 9.57. The normalized spacial score (nSPS) is 13.0. The summed E-state index contributed by atoms with van der Waals surface area (Å²) in [6, 6.07) is 22.9. The summed E-state index contributed by atoms with van der Waals surface area (Å²) in [4.78, 5) is 0. The van der Waals surface area contributed by atoms with Gasteiger partial charge in [0.15, 0.2) is 0 Å². The molecule has 4 aromatic rings. The Labute approximate surface area is 156 Å². The molecule has 0 bridgehead atoms. The third-order valence-electron chi connectivity index (χ3n) is 5.57. The maximum absolute atomic E-state index is 2.41. The fourth-order valence-corrected chi connectivity index (χ4v) is 3.89. The van der Waals surface area contributed by atoms with E-state index in [-0.39, 0.29) is 10.8 Å². The van der Waals surface area contributed by atoms with Crippen LogP contribution in [0.3, 0.4) is 0 Å². The van der Waals surface area contributed by atoms with Gasteiger partial charge in [0, 0.05) is 0 Å². The highest BCUT2D eigenvalue weighted by Crippen LogP contribution is 2.38. The van der Waals surface area contributed by atoms with Crippen molar-refractivity contribution in [2.75, 3.05) is 0 Å². The molecule has 0 aliphatic heterocycles. The highest BCUT2D eigenvalue weighted by Gasteiger charge is 2.18. The van der Waals surface area contributed by atoms with Gasteiger partial charge < -0.3 is 0 Å². The van der Waals surface area contributed by atoms with Crippen LogP contribution in [0.25, 0.3) is 32.3 Å². The number of hydrogen-bond donors (Lipinski definition) is 0. The molecule has 0 heteroatoms. The molecule has 0 saturated heterocycles. The Balaban J connectivity index is 2.23. The smallest absolute Gasteiger partial charge is 0.00959 e. The van der Waals surface area contributed by atoms with Crippen LogP contribution in [0.4, 0.5) is 0 Å². The number of rotatable bonds is 0. The van der Waals surface area contributed by atoms with Crippen LogP contribution >= 0.6 is 0 Å². The van der Waals surface area contributed by atoms with Gasteiger partial charge in [-0.1, -0.05) is 90.1 Å². The van der Waals surface area contributed by atoms with Crippen molar-refractivity contribution in [1.29, 1.82) is 0 Å². The van der Waals surface area contributed by atoms with Crippen LogP contribution in [0.5, 0.6) is 0 Å². The summed E-state index contributed by atoms with van der Waals surface area (Å²) >= 11 is 0. The van der Waals surface area contributed by atoms with Crippen molar-refractivity contribution in [1.82, 2.24) is 0 Å². The quantitative estimate of drug-likeness (QED) is 0.287. The molecule has 0 nitrogen and oxygen atoms in total. The molecule has 0 radical (unpaired) electrons. The number of benzene rings is 4. The fraction of sp³-hybridized carbons (Fsp3) is 0.308. The molecule has 4 rings (SSSR count). The lowest BCUT2D eigenvalue weighted by molar-refractivity contribution is 0.590. The highest BCUT2D eigenvalue weighted by molar-refractivity contribution is 6.25. The van der Waals surface area contributed by atoms with Gasteiger partial charge in [0.05, 0.1) is 0 Å². The molecule has 0 unspecified atom stereocenters. The molecule has 0 fully saturated rings. The minimum atomic E-state index is 0.147. The van der Waals surface area contributed by atoms with Crippen LogP contribution in [0.1, 0.15) is 52.7 Å². The van der Waals surface area contributed by atoms with Crippen LogP contribution < -0.4 is 0 Å². The van der Waals surface area contributed by atoms with Crippen molar-refractivity contribution in [3.05, 3.63) is 71.8 Å². The zero-order chi connectivity index (χ0) is 18.7. The molecule has 0 aliphatic rings. The molecule has 0 saturated carbocycles. The molecule has 132 valence electrons. The second-order valence-electron chi connectivity index (χ2n) is 9.57. The summed E-state index contributed by atoms with van der Waals surface area (Å²) < 4.78 is 0. The molecule has 0 spiro atoms.